The summed E-state index contributed by atoms with van der Waals surface area (Å²) in [6.07, 6.45) is 1.79. The highest BCUT2D eigenvalue weighted by atomic mass is 35.5. The summed E-state index contributed by atoms with van der Waals surface area (Å²) in [6.45, 7) is 4.16. The van der Waals surface area contributed by atoms with Crippen molar-refractivity contribution < 1.29 is 13.2 Å². The van der Waals surface area contributed by atoms with Crippen LogP contribution in [0, 0.1) is 6.92 Å². The molecule has 0 aliphatic rings. The molecule has 0 aliphatic carbocycles. The van der Waals surface area contributed by atoms with Crippen LogP contribution in [0.3, 0.4) is 0 Å². The molecule has 0 bridgehead atoms. The van der Waals surface area contributed by atoms with Gasteiger partial charge in [0.2, 0.25) is 15.9 Å². The first-order valence-electron chi connectivity index (χ1n) is 8.76. The zero-order valence-electron chi connectivity index (χ0n) is 15.8. The number of benzene rings is 2. The van der Waals surface area contributed by atoms with Crippen LogP contribution in [0.25, 0.3) is 0 Å². The van der Waals surface area contributed by atoms with Crippen LogP contribution in [-0.4, -0.2) is 27.1 Å². The second kappa shape index (κ2) is 9.24. The number of amides is 1. The van der Waals surface area contributed by atoms with Crippen molar-refractivity contribution in [3.05, 3.63) is 64.7 Å². The van der Waals surface area contributed by atoms with E-state index in [2.05, 4.69) is 5.32 Å². The van der Waals surface area contributed by atoms with Gasteiger partial charge in [0.15, 0.2) is 0 Å². The van der Waals surface area contributed by atoms with Crippen molar-refractivity contribution in [1.82, 2.24) is 5.32 Å². The number of rotatable bonds is 8. The van der Waals surface area contributed by atoms with E-state index in [4.69, 9.17) is 11.6 Å². The Labute approximate surface area is 166 Å². The first-order valence-corrected chi connectivity index (χ1v) is 11.0. The Morgan fingerprint density at radius 3 is 2.44 bits per heavy atom. The van der Waals surface area contributed by atoms with Crippen LogP contribution in [0.5, 0.6) is 0 Å². The van der Waals surface area contributed by atoms with E-state index in [-0.39, 0.29) is 24.9 Å². The van der Waals surface area contributed by atoms with Crippen molar-refractivity contribution in [2.24, 2.45) is 0 Å². The minimum atomic E-state index is -3.46. The maximum atomic E-state index is 12.2. The number of carbonyl (C=O) groups excluding carboxylic acids is 1. The molecule has 0 aromatic heterocycles. The molecule has 0 aliphatic heterocycles. The minimum absolute atomic E-state index is 0.1000. The van der Waals surface area contributed by atoms with Crippen LogP contribution >= 0.6 is 11.6 Å². The Morgan fingerprint density at radius 2 is 1.85 bits per heavy atom. The molecule has 1 atom stereocenters. The van der Waals surface area contributed by atoms with Crippen LogP contribution in [0.2, 0.25) is 5.02 Å². The topological polar surface area (TPSA) is 66.5 Å². The molecule has 2 rings (SSSR count). The molecule has 2 aromatic carbocycles. The van der Waals surface area contributed by atoms with E-state index in [9.17, 15) is 13.2 Å². The molecule has 7 heteroatoms. The molecule has 0 saturated carbocycles. The van der Waals surface area contributed by atoms with Crippen LogP contribution < -0.4 is 9.62 Å². The summed E-state index contributed by atoms with van der Waals surface area (Å²) in [7, 11) is -3.46. The van der Waals surface area contributed by atoms with Crippen molar-refractivity contribution >= 4 is 33.2 Å². The van der Waals surface area contributed by atoms with E-state index >= 15 is 0 Å². The standard InChI is InChI=1S/C20H25ClN2O3S/c1-15-9-11-17(12-10-15)16(2)22-20(24)8-5-13-23(27(3,25)26)19-7-4-6-18(21)14-19/h4,6-7,9-12,14,16H,5,8,13H2,1-3H3,(H,22,24)/t16-/m0/s1. The number of anilines is 1. The highest BCUT2D eigenvalue weighted by molar-refractivity contribution is 7.92. The summed E-state index contributed by atoms with van der Waals surface area (Å²) in [5.74, 6) is -0.109. The lowest BCUT2D eigenvalue weighted by Gasteiger charge is -2.22. The monoisotopic (exact) mass is 408 g/mol. The second-order valence-corrected chi connectivity index (χ2v) is 8.96. The highest BCUT2D eigenvalue weighted by Gasteiger charge is 2.18. The third kappa shape index (κ3) is 6.56. The summed E-state index contributed by atoms with van der Waals surface area (Å²) in [6, 6.07) is 14.6. The number of hydrogen-bond acceptors (Lipinski definition) is 3. The molecule has 27 heavy (non-hydrogen) atoms. The van der Waals surface area contributed by atoms with Gasteiger partial charge in [-0.25, -0.2) is 8.42 Å². The second-order valence-electron chi connectivity index (χ2n) is 6.62. The fraction of sp³-hybridized carbons (Fsp3) is 0.350. The fourth-order valence-corrected chi connectivity index (χ4v) is 3.89. The predicted molar refractivity (Wildman–Crippen MR) is 111 cm³/mol. The van der Waals surface area contributed by atoms with Gasteiger partial charge in [0.1, 0.15) is 0 Å². The van der Waals surface area contributed by atoms with Gasteiger partial charge in [-0.05, 0) is 44.0 Å². The van der Waals surface area contributed by atoms with Gasteiger partial charge >= 0.3 is 0 Å². The summed E-state index contributed by atoms with van der Waals surface area (Å²) in [5.41, 5.74) is 2.70. The fourth-order valence-electron chi connectivity index (χ4n) is 2.75. The summed E-state index contributed by atoms with van der Waals surface area (Å²) < 4.78 is 25.5. The van der Waals surface area contributed by atoms with E-state index in [0.717, 1.165) is 11.8 Å². The van der Waals surface area contributed by atoms with Crippen LogP contribution in [0.15, 0.2) is 48.5 Å². The number of sulfonamides is 1. The molecule has 0 fully saturated rings. The number of nitrogens with one attached hydrogen (secondary N) is 1. The van der Waals surface area contributed by atoms with E-state index < -0.39 is 10.0 Å². The van der Waals surface area contributed by atoms with Gasteiger partial charge in [-0.1, -0.05) is 47.5 Å². The zero-order valence-corrected chi connectivity index (χ0v) is 17.3. The average molecular weight is 409 g/mol. The van der Waals surface area contributed by atoms with Gasteiger partial charge < -0.3 is 5.32 Å². The molecule has 0 unspecified atom stereocenters. The minimum Gasteiger partial charge on any atom is -0.350 e. The molecule has 0 spiro atoms. The Balaban J connectivity index is 1.92. The van der Waals surface area contributed by atoms with Gasteiger partial charge in [-0.3, -0.25) is 9.10 Å². The molecular weight excluding hydrogens is 384 g/mol. The van der Waals surface area contributed by atoms with Crippen LogP contribution in [0.1, 0.15) is 36.9 Å². The van der Waals surface area contributed by atoms with Gasteiger partial charge in [-0.2, -0.15) is 0 Å². The van der Waals surface area contributed by atoms with Gasteiger partial charge in [0.25, 0.3) is 0 Å². The number of hydrogen-bond donors (Lipinski definition) is 1. The highest BCUT2D eigenvalue weighted by Crippen LogP contribution is 2.22. The first kappa shape index (κ1) is 21.3. The smallest absolute Gasteiger partial charge is 0.232 e. The largest absolute Gasteiger partial charge is 0.350 e. The van der Waals surface area contributed by atoms with E-state index in [1.54, 1.807) is 24.3 Å². The van der Waals surface area contributed by atoms with E-state index in [1.165, 1.54) is 9.87 Å². The molecule has 0 saturated heterocycles. The Morgan fingerprint density at radius 1 is 1.19 bits per heavy atom. The van der Waals surface area contributed by atoms with Gasteiger partial charge in [0.05, 0.1) is 18.0 Å². The van der Waals surface area contributed by atoms with Crippen molar-refractivity contribution in [3.8, 4) is 0 Å². The Kier molecular flexibility index (Phi) is 7.27. The number of carbonyl (C=O) groups is 1. The zero-order chi connectivity index (χ0) is 20.0. The van der Waals surface area contributed by atoms with Crippen LogP contribution in [-0.2, 0) is 14.8 Å². The quantitative estimate of drug-likeness (QED) is 0.715. The van der Waals surface area contributed by atoms with Crippen molar-refractivity contribution in [2.45, 2.75) is 32.7 Å². The molecular formula is C20H25ClN2O3S. The molecule has 146 valence electrons. The lowest BCUT2D eigenvalue weighted by Crippen LogP contribution is -2.32. The normalized spacial score (nSPS) is 12.4. The third-order valence-electron chi connectivity index (χ3n) is 4.22. The molecule has 2 aromatic rings. The Bertz CT molecular complexity index is 882. The third-order valence-corrected chi connectivity index (χ3v) is 5.65. The molecule has 5 nitrogen and oxygen atoms in total. The maximum absolute atomic E-state index is 12.2. The van der Waals surface area contributed by atoms with Crippen LogP contribution in [0.4, 0.5) is 5.69 Å². The van der Waals surface area contributed by atoms with Crippen molar-refractivity contribution in [2.75, 3.05) is 17.1 Å². The Hall–Kier alpha value is -2.05. The van der Waals surface area contributed by atoms with E-state index in [1.807, 2.05) is 38.1 Å². The molecule has 1 amide bonds. The van der Waals surface area contributed by atoms with Crippen molar-refractivity contribution in [3.63, 3.8) is 0 Å². The molecule has 0 radical (unpaired) electrons. The maximum Gasteiger partial charge on any atom is 0.232 e. The summed E-state index contributed by atoms with van der Waals surface area (Å²) in [4.78, 5) is 12.2. The number of nitrogens with zero attached hydrogens (tertiary/aromatic N) is 1. The van der Waals surface area contributed by atoms with E-state index in [0.29, 0.717) is 17.1 Å². The molecule has 1 N–H and O–H groups in total. The number of halogens is 1. The molecule has 0 heterocycles. The van der Waals surface area contributed by atoms with Gasteiger partial charge in [-0.15, -0.1) is 0 Å². The first-order chi connectivity index (χ1) is 12.7. The SMILES string of the molecule is Cc1ccc([C@H](C)NC(=O)CCCN(c2cccc(Cl)c2)S(C)(=O)=O)cc1. The lowest BCUT2D eigenvalue weighted by atomic mass is 10.1. The summed E-state index contributed by atoms with van der Waals surface area (Å²) in [5, 5.41) is 3.41. The average Bonchev–Trinajstić information content (AvgIpc) is 2.58. The summed E-state index contributed by atoms with van der Waals surface area (Å²) >= 11 is 5.96. The van der Waals surface area contributed by atoms with Gasteiger partial charge in [0, 0.05) is 18.0 Å². The number of aryl methyl sites for hydroxylation is 1. The lowest BCUT2D eigenvalue weighted by molar-refractivity contribution is -0.121. The van der Waals surface area contributed by atoms with Crippen molar-refractivity contribution in [1.29, 1.82) is 0 Å². The predicted octanol–water partition coefficient (Wildman–Crippen LogP) is 4.07.